The van der Waals surface area contributed by atoms with E-state index in [1.165, 1.54) is 44.3 Å². The van der Waals surface area contributed by atoms with Crippen molar-refractivity contribution in [2.75, 3.05) is 44.4 Å². The summed E-state index contributed by atoms with van der Waals surface area (Å²) in [6, 6.07) is -12.8. The fourth-order valence-corrected chi connectivity index (χ4v) is 19.3. The number of primary amides is 1. The van der Waals surface area contributed by atoms with Crippen molar-refractivity contribution in [2.24, 2.45) is 51.3 Å². The first-order valence-corrected chi connectivity index (χ1v) is 47.9. The Kier molecular flexibility index (Phi) is 44.3. The molecule has 4 aliphatic heterocycles. The van der Waals surface area contributed by atoms with Crippen LogP contribution in [0.3, 0.4) is 0 Å². The number of fused-ring (bicyclic) bond motifs is 3. The molecule has 41 nitrogen and oxygen atoms in total. The first-order valence-electron chi connectivity index (χ1n) is 45.5. The molecular formula is C86H143N21O20S2. The van der Waals surface area contributed by atoms with E-state index in [9.17, 15) is 68.7 Å². The third-order valence-corrected chi connectivity index (χ3v) is 26.7. The van der Waals surface area contributed by atoms with Crippen molar-refractivity contribution in [1.29, 1.82) is 0 Å². The fraction of sp³-hybridized carbons (Fsp3) is 0.744. The van der Waals surface area contributed by atoms with Crippen LogP contribution in [0.25, 0.3) is 0 Å². The topological polar surface area (TPSA) is 652 Å². The molecule has 4 unspecified atom stereocenters. The second-order valence-corrected chi connectivity index (χ2v) is 38.4. The number of carboxylic acids is 1. The molecule has 2 saturated carbocycles. The normalized spacial score (nSPS) is 30.6. The molecule has 7 rings (SSSR count). The number of piperidine rings is 1. The number of aliphatic imine (C=N–C) groups is 1. The summed E-state index contributed by atoms with van der Waals surface area (Å²) in [4.78, 5) is 222. The lowest BCUT2D eigenvalue weighted by Crippen LogP contribution is -2.63. The average Bonchev–Trinajstić information content (AvgIpc) is 1.78. The van der Waals surface area contributed by atoms with Gasteiger partial charge in [0.05, 0.1) is 30.6 Å². The number of hydrogen-bond donors (Lipinski definition) is 25. The minimum absolute atomic E-state index is 0.0244. The van der Waals surface area contributed by atoms with Crippen LogP contribution in [-0.2, 0) is 83.4 Å². The van der Waals surface area contributed by atoms with Gasteiger partial charge in [0.1, 0.15) is 78.5 Å². The minimum Gasteiger partial charge on any atom is -0.481 e. The van der Waals surface area contributed by atoms with Gasteiger partial charge in [0.25, 0.3) is 0 Å². The second-order valence-electron chi connectivity index (χ2n) is 36.4. The van der Waals surface area contributed by atoms with Crippen LogP contribution in [0.15, 0.2) is 29.3 Å². The van der Waals surface area contributed by atoms with Crippen molar-refractivity contribution in [3.8, 4) is 0 Å². The average molecular weight is 1860 g/mol. The zero-order chi connectivity index (χ0) is 94.8. The third-order valence-electron chi connectivity index (χ3n) is 24.5. The van der Waals surface area contributed by atoms with E-state index < -0.39 is 216 Å². The van der Waals surface area contributed by atoms with Crippen LogP contribution in [0, 0.1) is 29.1 Å². The predicted octanol–water partition coefficient (Wildman–Crippen LogP) is -3.58. The van der Waals surface area contributed by atoms with Crippen LogP contribution in [0.5, 0.6) is 0 Å². The Labute approximate surface area is 762 Å². The molecule has 724 valence electrons. The molecule has 6 aliphatic rings. The number of amides is 14. The largest absolute Gasteiger partial charge is 0.481 e. The number of benzene rings is 1. The molecule has 0 aromatic heterocycles. The van der Waals surface area contributed by atoms with Gasteiger partial charge in [-0.3, -0.25) is 76.9 Å². The van der Waals surface area contributed by atoms with E-state index in [0.717, 1.165) is 24.0 Å². The van der Waals surface area contributed by atoms with Crippen LogP contribution in [-0.4, -0.2) is 280 Å². The van der Waals surface area contributed by atoms with Crippen LogP contribution >= 0.6 is 23.5 Å². The van der Waals surface area contributed by atoms with Gasteiger partial charge >= 0.3 is 5.97 Å². The molecule has 28 N–H and O–H groups in total. The smallest absolute Gasteiger partial charge is 0.303 e. The van der Waals surface area contributed by atoms with Crippen molar-refractivity contribution in [3.05, 3.63) is 35.4 Å². The summed E-state index contributed by atoms with van der Waals surface area (Å²) in [7, 11) is 0. The molecule has 2 aliphatic carbocycles. The van der Waals surface area contributed by atoms with Gasteiger partial charge in [0, 0.05) is 62.2 Å². The van der Waals surface area contributed by atoms with Crippen molar-refractivity contribution >= 4 is 118 Å². The van der Waals surface area contributed by atoms with Crippen molar-refractivity contribution < 1.29 is 97.5 Å². The summed E-state index contributed by atoms with van der Waals surface area (Å²) in [5.74, 6) is -14.8. The van der Waals surface area contributed by atoms with E-state index in [1.807, 2.05) is 12.1 Å². The van der Waals surface area contributed by atoms with Crippen molar-refractivity contribution in [2.45, 2.75) is 330 Å². The van der Waals surface area contributed by atoms with Crippen LogP contribution in [0.2, 0.25) is 0 Å². The molecule has 2 bridgehead atoms. The lowest BCUT2D eigenvalue weighted by Gasteiger charge is -2.35. The number of hydrogen-bond acceptors (Lipinski definition) is 26. The lowest BCUT2D eigenvalue weighted by molar-refractivity contribution is -0.139. The molecule has 19 atom stereocenters. The highest BCUT2D eigenvalue weighted by Gasteiger charge is 2.45. The molecule has 4 heterocycles. The maximum absolute atomic E-state index is 15.4. The Balaban J connectivity index is 1.29. The molecule has 3 saturated heterocycles. The molecule has 0 radical (unpaired) electrons. The number of aliphatic hydroxyl groups excluding tert-OH is 4. The van der Waals surface area contributed by atoms with Crippen LogP contribution in [0.4, 0.5) is 0 Å². The molecule has 5 fully saturated rings. The Bertz CT molecular complexity index is 3950. The number of rotatable bonds is 26. The molecule has 1 aromatic rings. The van der Waals surface area contributed by atoms with Gasteiger partial charge < -0.3 is 133 Å². The Hall–Kier alpha value is -9.08. The van der Waals surface area contributed by atoms with E-state index >= 15 is 28.8 Å². The highest BCUT2D eigenvalue weighted by molar-refractivity contribution is 7.98. The van der Waals surface area contributed by atoms with Gasteiger partial charge in [0.2, 0.25) is 82.7 Å². The number of guanidine groups is 1. The first kappa shape index (κ1) is 107. The van der Waals surface area contributed by atoms with Gasteiger partial charge in [-0.15, -0.1) is 0 Å². The van der Waals surface area contributed by atoms with Crippen molar-refractivity contribution in [1.82, 2.24) is 90.4 Å². The highest BCUT2D eigenvalue weighted by atomic mass is 32.2. The molecule has 1 aromatic carbocycles. The van der Waals surface area contributed by atoms with Crippen LogP contribution in [0.1, 0.15) is 214 Å². The molecule has 14 amide bonds. The number of unbranched alkanes of at least 4 members (excludes halogenated alkanes) is 1. The van der Waals surface area contributed by atoms with Gasteiger partial charge in [-0.25, -0.2) is 0 Å². The van der Waals surface area contributed by atoms with Crippen LogP contribution < -0.4 is 108 Å². The fourth-order valence-electron chi connectivity index (χ4n) is 17.2. The number of nitrogens with zero attached hydrogens (tertiary/aromatic N) is 1. The number of nitrogens with one attached hydrogen (secondary N) is 17. The second kappa shape index (κ2) is 53.4. The Morgan fingerprint density at radius 2 is 1.03 bits per heavy atom. The number of carboxylic acid groups (broad SMARTS) is 1. The summed E-state index contributed by atoms with van der Waals surface area (Å²) >= 11 is 2.43. The summed E-state index contributed by atoms with van der Waals surface area (Å²) in [6.45, 7) is 14.0. The van der Waals surface area contributed by atoms with Gasteiger partial charge in [-0.2, -0.15) is 23.5 Å². The summed E-state index contributed by atoms with van der Waals surface area (Å²) in [6.07, 6.45) is -0.408. The van der Waals surface area contributed by atoms with E-state index in [1.54, 1.807) is 46.8 Å². The molecule has 0 spiro atoms. The standard InChI is InChI=1S/C86H143N21O20S2/c1-9-15-57-73(116)98-60(29-30-67(113)114)75(118)99-61(34-48-21-25-54(111)26-22-48)77(120)97-58(16-10-2)76(119)105-69(46(4)109)83(126)103-65(71(87)115)42-128-40-50-17-13-18-51(33-50)41-129-43-66(104-74(117)59(95-47(5)110)20-11-12-31-92-85(88)89)81(124)107-70(86(6,7)8)84(127)102-62(35-49-23-27-55(112)28-24-49)78(121)100-64(37-53-39-90-44-94-53)80(123)106-68(45(3)108)82(125)101-63(79(122)96-57)36-52-38-93-72-56(52)19-14-32-91-72/h13,17-18,33,45-46,48-49,52-66,68-70,72,90-91,93-94,108-109,111-112H,9-12,14-16,19-32,34-44H2,1-8H3,(H2,87,115)(H,95,110)(H,96,122)(H,97,120)(H,98,116)(H,99,118)(H,100,121)(H,101,125)(H,102,127)(H,103,126)(H,104,117)(H,105,119)(H,106,123)(H,107,124)(H,113,114)(H4,88,89,92)/t45-,46-,48?,49?,52?,53?,54?,55?,56?,57+,58+,59+,60+,61+,62+,63+,64+,65+,66+,68+,69+,70-,72?/m1/s1. The van der Waals surface area contributed by atoms with Gasteiger partial charge in [-0.1, -0.05) is 71.7 Å². The third kappa shape index (κ3) is 35.9. The molecule has 129 heavy (non-hydrogen) atoms. The van der Waals surface area contributed by atoms with Crippen molar-refractivity contribution in [3.63, 3.8) is 0 Å². The highest BCUT2D eigenvalue weighted by Crippen LogP contribution is 2.34. The number of aliphatic hydroxyl groups is 4. The quantitative estimate of drug-likeness (QED) is 0.0242. The number of nitrogens with two attached hydrogens (primary N) is 3. The minimum atomic E-state index is -1.85. The lowest BCUT2D eigenvalue weighted by atomic mass is 9.82. The van der Waals surface area contributed by atoms with Gasteiger partial charge in [-0.05, 0) is 196 Å². The van der Waals surface area contributed by atoms with E-state index in [0.29, 0.717) is 90.5 Å². The Morgan fingerprint density at radius 3 is 1.53 bits per heavy atom. The van der Waals surface area contributed by atoms with Gasteiger partial charge in [0.15, 0.2) is 5.96 Å². The number of thioether (sulfide) groups is 2. The summed E-state index contributed by atoms with van der Waals surface area (Å²) in [5.41, 5.74) is 17.3. The molecular weight excluding hydrogens is 1710 g/mol. The first-order chi connectivity index (χ1) is 61.2. The molecule has 43 heteroatoms. The van der Waals surface area contributed by atoms with E-state index in [4.69, 9.17) is 17.2 Å². The SMILES string of the molecule is CCC[C@@H]1NC(=O)[C@H](CC2CNC3NCCCC23)NC(=O)[C@H]([C@@H](C)O)NC(=O)[C@H](CC2CNCN2)NC(=O)[C@H](CC2CCC(O)CC2)NC(=O)[C@H](C(C)(C)C)NC(=O)[C@@H](NC(=O)[C@H](CCCCN=C(N)N)NC(C)=O)CSCc2cccc(c2)CSC[C@@H](C(N)=O)NC(=O)[C@H]([C@@H](C)O)NC(=O)[C@H](CCC)NC(=O)[C@H](CC2CCC(O)CC2)NC(=O)[C@H](CCC(=O)O)NC1=O. The number of aliphatic carboxylic acids is 1. The maximum atomic E-state index is 15.4. The van der Waals surface area contributed by atoms with E-state index in [-0.39, 0.29) is 123 Å². The number of carbonyl (C=O) groups excluding carboxylic acids is 14. The summed E-state index contributed by atoms with van der Waals surface area (Å²) in [5, 5.41) is 103. The summed E-state index contributed by atoms with van der Waals surface area (Å²) < 4.78 is 0. The number of carbonyl (C=O) groups is 15. The zero-order valence-corrected chi connectivity index (χ0v) is 77.2. The maximum Gasteiger partial charge on any atom is 0.303 e. The monoisotopic (exact) mass is 1850 g/mol. The predicted molar refractivity (Wildman–Crippen MR) is 483 cm³/mol. The zero-order valence-electron chi connectivity index (χ0n) is 75.6. The Morgan fingerprint density at radius 1 is 0.550 bits per heavy atom. The van der Waals surface area contributed by atoms with E-state index in [2.05, 4.69) is 95.4 Å².